The number of carbonyl (C=O) groups excluding carboxylic acids is 1. The van der Waals surface area contributed by atoms with Gasteiger partial charge in [0, 0.05) is 11.3 Å². The van der Waals surface area contributed by atoms with E-state index in [4.69, 9.17) is 10.5 Å². The van der Waals surface area contributed by atoms with Crippen LogP contribution in [0.4, 0.5) is 0 Å². The molecule has 1 aromatic rings. The molecule has 3 N–H and O–H groups in total. The number of aliphatic imine (C=N–C) groups is 1. The predicted octanol–water partition coefficient (Wildman–Crippen LogP) is 1.83. The van der Waals surface area contributed by atoms with E-state index in [9.17, 15) is 4.79 Å². The summed E-state index contributed by atoms with van der Waals surface area (Å²) >= 11 is 0. The number of nitrogens with two attached hydrogens (primary N) is 1. The maximum absolute atomic E-state index is 11.9. The number of rotatable bonds is 3. The summed E-state index contributed by atoms with van der Waals surface area (Å²) in [5, 5.41) is 2.91. The molecule has 1 unspecified atom stereocenters. The number of hydrogen-bond acceptors (Lipinski definition) is 5. The summed E-state index contributed by atoms with van der Waals surface area (Å²) < 4.78 is 5.28. The molecular weight excluding hydrogens is 254 g/mol. The molecule has 0 spiro atoms. The van der Waals surface area contributed by atoms with Crippen molar-refractivity contribution in [3.05, 3.63) is 40.6 Å². The molecule has 0 radical (unpaired) electrons. The fourth-order valence-corrected chi connectivity index (χ4v) is 2.45. The van der Waals surface area contributed by atoms with Crippen molar-refractivity contribution in [1.29, 1.82) is 0 Å². The Kier molecular flexibility index (Phi) is 3.79. The SMILES string of the molecule is COc1cc(C)cc(C2N=C(N)NC(C)=C2C(C)=O)c1. The molecule has 0 fully saturated rings. The van der Waals surface area contributed by atoms with Crippen LogP contribution < -0.4 is 15.8 Å². The summed E-state index contributed by atoms with van der Waals surface area (Å²) in [7, 11) is 1.62. The number of hydrogen-bond donors (Lipinski definition) is 2. The van der Waals surface area contributed by atoms with Crippen molar-refractivity contribution in [2.24, 2.45) is 10.7 Å². The molecule has 0 saturated heterocycles. The molecule has 1 aromatic carbocycles. The summed E-state index contributed by atoms with van der Waals surface area (Å²) in [6, 6.07) is 5.42. The Balaban J connectivity index is 2.56. The van der Waals surface area contributed by atoms with Crippen LogP contribution in [0.2, 0.25) is 0 Å². The van der Waals surface area contributed by atoms with Gasteiger partial charge in [-0.1, -0.05) is 6.07 Å². The third-order valence-corrected chi connectivity index (χ3v) is 3.27. The van der Waals surface area contributed by atoms with E-state index in [-0.39, 0.29) is 11.8 Å². The van der Waals surface area contributed by atoms with Crippen LogP contribution in [-0.4, -0.2) is 18.9 Å². The Morgan fingerprint density at radius 2 is 2.05 bits per heavy atom. The molecule has 106 valence electrons. The molecule has 0 aromatic heterocycles. The van der Waals surface area contributed by atoms with Crippen molar-refractivity contribution < 1.29 is 9.53 Å². The number of carbonyl (C=O) groups is 1. The van der Waals surface area contributed by atoms with Gasteiger partial charge >= 0.3 is 0 Å². The molecule has 5 nitrogen and oxygen atoms in total. The number of aryl methyl sites for hydroxylation is 1. The highest BCUT2D eigenvalue weighted by molar-refractivity contribution is 5.98. The quantitative estimate of drug-likeness (QED) is 0.880. The van der Waals surface area contributed by atoms with E-state index >= 15 is 0 Å². The van der Waals surface area contributed by atoms with Crippen LogP contribution in [0.25, 0.3) is 0 Å². The molecule has 1 aliphatic heterocycles. The average Bonchev–Trinajstić information content (AvgIpc) is 2.36. The fraction of sp³-hybridized carbons (Fsp3) is 0.333. The standard InChI is InChI=1S/C15H19N3O2/c1-8-5-11(7-12(6-8)20-4)14-13(10(3)19)9(2)17-15(16)18-14/h5-7,14H,1-4H3,(H3,16,17,18). The number of benzene rings is 1. The van der Waals surface area contributed by atoms with E-state index in [1.165, 1.54) is 6.92 Å². The van der Waals surface area contributed by atoms with Crippen molar-refractivity contribution in [3.8, 4) is 5.75 Å². The van der Waals surface area contributed by atoms with Crippen molar-refractivity contribution in [1.82, 2.24) is 5.32 Å². The van der Waals surface area contributed by atoms with E-state index in [1.54, 1.807) is 7.11 Å². The highest BCUT2D eigenvalue weighted by atomic mass is 16.5. The van der Waals surface area contributed by atoms with Crippen LogP contribution in [0, 0.1) is 6.92 Å². The first kappa shape index (κ1) is 14.1. The van der Waals surface area contributed by atoms with Gasteiger partial charge in [0.25, 0.3) is 0 Å². The summed E-state index contributed by atoms with van der Waals surface area (Å²) in [4.78, 5) is 16.3. The van der Waals surface area contributed by atoms with Crippen LogP contribution in [0.1, 0.15) is 31.0 Å². The van der Waals surface area contributed by atoms with Gasteiger partial charge in [0.15, 0.2) is 11.7 Å². The summed E-state index contributed by atoms with van der Waals surface area (Å²) in [6.45, 7) is 5.35. The first-order valence-corrected chi connectivity index (χ1v) is 6.40. The Hall–Kier alpha value is -2.30. The van der Waals surface area contributed by atoms with Gasteiger partial charge in [0.2, 0.25) is 0 Å². The highest BCUT2D eigenvalue weighted by Crippen LogP contribution is 2.33. The topological polar surface area (TPSA) is 76.7 Å². The second-order valence-corrected chi connectivity index (χ2v) is 4.92. The summed E-state index contributed by atoms with van der Waals surface area (Å²) in [6.07, 6.45) is 0. The van der Waals surface area contributed by atoms with Gasteiger partial charge in [-0.25, -0.2) is 4.99 Å². The first-order valence-electron chi connectivity index (χ1n) is 6.40. The van der Waals surface area contributed by atoms with E-state index in [0.717, 1.165) is 22.6 Å². The van der Waals surface area contributed by atoms with E-state index < -0.39 is 0 Å². The van der Waals surface area contributed by atoms with Gasteiger partial charge in [0.05, 0.1) is 7.11 Å². The zero-order chi connectivity index (χ0) is 14.9. The molecule has 2 rings (SSSR count). The summed E-state index contributed by atoms with van der Waals surface area (Å²) in [5.74, 6) is 1.04. The van der Waals surface area contributed by atoms with Crippen LogP contribution >= 0.6 is 0 Å². The van der Waals surface area contributed by atoms with Gasteiger partial charge in [-0.3, -0.25) is 4.79 Å². The molecule has 0 saturated carbocycles. The molecule has 20 heavy (non-hydrogen) atoms. The largest absolute Gasteiger partial charge is 0.497 e. The molecule has 5 heteroatoms. The molecule has 1 heterocycles. The lowest BCUT2D eigenvalue weighted by Crippen LogP contribution is -2.36. The first-order chi connectivity index (χ1) is 9.42. The fourth-order valence-electron chi connectivity index (χ4n) is 2.45. The number of allylic oxidation sites excluding steroid dienone is 1. The van der Waals surface area contributed by atoms with Crippen molar-refractivity contribution in [2.45, 2.75) is 26.8 Å². The number of methoxy groups -OCH3 is 1. The molecule has 0 amide bonds. The minimum Gasteiger partial charge on any atom is -0.497 e. The number of Topliss-reactive ketones (excluding diaryl/α,β-unsaturated/α-hetero) is 1. The second kappa shape index (κ2) is 5.36. The lowest BCUT2D eigenvalue weighted by atomic mass is 9.93. The Morgan fingerprint density at radius 3 is 2.65 bits per heavy atom. The minimum atomic E-state index is -0.387. The van der Waals surface area contributed by atoms with Crippen LogP contribution in [0.3, 0.4) is 0 Å². The van der Waals surface area contributed by atoms with Crippen molar-refractivity contribution >= 4 is 11.7 Å². The normalized spacial score (nSPS) is 18.4. The van der Waals surface area contributed by atoms with Gasteiger partial charge < -0.3 is 15.8 Å². The maximum Gasteiger partial charge on any atom is 0.193 e. The third-order valence-electron chi connectivity index (χ3n) is 3.27. The lowest BCUT2D eigenvalue weighted by molar-refractivity contribution is -0.114. The summed E-state index contributed by atoms with van der Waals surface area (Å²) in [5.41, 5.74) is 9.11. The van der Waals surface area contributed by atoms with Crippen LogP contribution in [-0.2, 0) is 4.79 Å². The lowest BCUT2D eigenvalue weighted by Gasteiger charge is -2.24. The van der Waals surface area contributed by atoms with E-state index in [1.807, 2.05) is 32.0 Å². The van der Waals surface area contributed by atoms with Crippen LogP contribution in [0.15, 0.2) is 34.5 Å². The number of nitrogens with one attached hydrogen (secondary N) is 1. The van der Waals surface area contributed by atoms with Crippen molar-refractivity contribution in [2.75, 3.05) is 7.11 Å². The zero-order valence-electron chi connectivity index (χ0n) is 12.2. The van der Waals surface area contributed by atoms with E-state index in [0.29, 0.717) is 11.5 Å². The molecule has 1 atom stereocenters. The Morgan fingerprint density at radius 1 is 1.35 bits per heavy atom. The highest BCUT2D eigenvalue weighted by Gasteiger charge is 2.26. The number of guanidine groups is 1. The average molecular weight is 273 g/mol. The predicted molar refractivity (Wildman–Crippen MR) is 78.6 cm³/mol. The third kappa shape index (κ3) is 2.66. The molecule has 1 aliphatic rings. The Labute approximate surface area is 118 Å². The van der Waals surface area contributed by atoms with Gasteiger partial charge in [-0.2, -0.15) is 0 Å². The molecule has 0 bridgehead atoms. The van der Waals surface area contributed by atoms with Gasteiger partial charge in [-0.15, -0.1) is 0 Å². The van der Waals surface area contributed by atoms with E-state index in [2.05, 4.69) is 10.3 Å². The molecule has 0 aliphatic carbocycles. The maximum atomic E-state index is 11.9. The van der Waals surface area contributed by atoms with Crippen LogP contribution in [0.5, 0.6) is 5.75 Å². The smallest absolute Gasteiger partial charge is 0.193 e. The Bertz CT molecular complexity index is 618. The molecular formula is C15H19N3O2. The second-order valence-electron chi connectivity index (χ2n) is 4.92. The monoisotopic (exact) mass is 273 g/mol. The number of ether oxygens (including phenoxy) is 1. The minimum absolute atomic E-state index is 0.0169. The number of ketones is 1. The number of nitrogens with zero attached hydrogens (tertiary/aromatic N) is 1. The zero-order valence-corrected chi connectivity index (χ0v) is 12.2. The van der Waals surface area contributed by atoms with Crippen molar-refractivity contribution in [3.63, 3.8) is 0 Å². The van der Waals surface area contributed by atoms with Gasteiger partial charge in [-0.05, 0) is 44.0 Å². The van der Waals surface area contributed by atoms with Gasteiger partial charge in [0.1, 0.15) is 11.8 Å².